The molecular weight excluding hydrogens is 235 g/mol. The molecule has 0 amide bonds. The Kier molecular flexibility index (Phi) is 2.41. The zero-order chi connectivity index (χ0) is 8.43. The molecule has 0 radical (unpaired) electrons. The average molecular weight is 237 g/mol. The highest BCUT2D eigenvalue weighted by atomic mass is 79.9. The van der Waals surface area contributed by atoms with E-state index in [1.807, 2.05) is 0 Å². The first-order valence-corrected chi connectivity index (χ1v) is 3.74. The number of hydrogen-bond acceptors (Lipinski definition) is 3. The first kappa shape index (κ1) is 8.42. The monoisotopic (exact) mass is 236 g/mol. The molecular formula is C5H2BrClN2O2. The van der Waals surface area contributed by atoms with Gasteiger partial charge >= 0.3 is 5.82 Å². The van der Waals surface area contributed by atoms with E-state index in [-0.39, 0.29) is 5.82 Å². The van der Waals surface area contributed by atoms with Crippen molar-refractivity contribution in [3.05, 3.63) is 31.9 Å². The van der Waals surface area contributed by atoms with Gasteiger partial charge in [0.1, 0.15) is 0 Å². The van der Waals surface area contributed by atoms with Gasteiger partial charge < -0.3 is 10.1 Å². The summed E-state index contributed by atoms with van der Waals surface area (Å²) in [5.74, 6) is -0.221. The highest BCUT2D eigenvalue weighted by molar-refractivity contribution is 9.10. The summed E-state index contributed by atoms with van der Waals surface area (Å²) in [6.07, 6.45) is 1.23. The molecule has 1 rings (SSSR count). The Morgan fingerprint density at radius 1 is 1.73 bits per heavy atom. The second-order valence-electron chi connectivity index (χ2n) is 1.71. The SMILES string of the molecule is O=[N+]([O-])c1cc(Br)c(Cl)cn1. The van der Waals surface area contributed by atoms with Gasteiger partial charge in [-0.15, -0.1) is 0 Å². The van der Waals surface area contributed by atoms with Crippen LogP contribution in [0.3, 0.4) is 0 Å². The van der Waals surface area contributed by atoms with Gasteiger partial charge in [0.2, 0.25) is 0 Å². The van der Waals surface area contributed by atoms with Crippen LogP contribution in [0.15, 0.2) is 16.7 Å². The third-order valence-corrected chi connectivity index (χ3v) is 2.17. The number of pyridine rings is 1. The molecule has 58 valence electrons. The number of hydrogen-bond donors (Lipinski definition) is 0. The van der Waals surface area contributed by atoms with E-state index in [1.54, 1.807) is 0 Å². The van der Waals surface area contributed by atoms with Crippen molar-refractivity contribution in [2.24, 2.45) is 0 Å². The molecule has 0 aromatic carbocycles. The quantitative estimate of drug-likeness (QED) is 0.557. The summed E-state index contributed by atoms with van der Waals surface area (Å²) in [7, 11) is 0. The molecule has 1 aromatic heterocycles. The Balaban J connectivity index is 3.15. The Morgan fingerprint density at radius 3 is 2.82 bits per heavy atom. The Bertz CT molecular complexity index is 305. The van der Waals surface area contributed by atoms with Crippen LogP contribution in [0.5, 0.6) is 0 Å². The minimum absolute atomic E-state index is 0.221. The van der Waals surface area contributed by atoms with E-state index >= 15 is 0 Å². The fourth-order valence-electron chi connectivity index (χ4n) is 0.504. The molecule has 0 spiro atoms. The molecule has 11 heavy (non-hydrogen) atoms. The lowest BCUT2D eigenvalue weighted by Gasteiger charge is -1.92. The first-order valence-electron chi connectivity index (χ1n) is 2.56. The molecule has 0 fully saturated rings. The smallest absolute Gasteiger partial charge is 0.358 e. The van der Waals surface area contributed by atoms with Gasteiger partial charge in [-0.1, -0.05) is 11.6 Å². The van der Waals surface area contributed by atoms with E-state index in [4.69, 9.17) is 11.6 Å². The first-order chi connectivity index (χ1) is 5.11. The molecule has 4 nitrogen and oxygen atoms in total. The molecule has 0 unspecified atom stereocenters. The highest BCUT2D eigenvalue weighted by Gasteiger charge is 2.09. The largest absolute Gasteiger partial charge is 0.364 e. The standard InChI is InChI=1S/C5H2BrClN2O2/c6-3-1-5(9(10)11)8-2-4(3)7/h1-2H. The van der Waals surface area contributed by atoms with Crippen molar-refractivity contribution in [1.29, 1.82) is 0 Å². The Morgan fingerprint density at radius 2 is 2.36 bits per heavy atom. The van der Waals surface area contributed by atoms with Gasteiger partial charge in [0.05, 0.1) is 11.1 Å². The maximum absolute atomic E-state index is 10.1. The Labute approximate surface area is 75.5 Å². The zero-order valence-electron chi connectivity index (χ0n) is 5.12. The molecule has 0 N–H and O–H groups in total. The van der Waals surface area contributed by atoms with Crippen molar-refractivity contribution >= 4 is 33.3 Å². The van der Waals surface area contributed by atoms with Crippen molar-refractivity contribution in [2.45, 2.75) is 0 Å². The van der Waals surface area contributed by atoms with E-state index in [0.29, 0.717) is 9.50 Å². The van der Waals surface area contributed by atoms with Crippen molar-refractivity contribution in [2.75, 3.05) is 0 Å². The van der Waals surface area contributed by atoms with Crippen LogP contribution < -0.4 is 0 Å². The molecule has 0 saturated heterocycles. The summed E-state index contributed by atoms with van der Waals surface area (Å²) in [6.45, 7) is 0. The van der Waals surface area contributed by atoms with Gasteiger partial charge in [-0.25, -0.2) is 0 Å². The normalized spacial score (nSPS) is 9.64. The van der Waals surface area contributed by atoms with Crippen LogP contribution in [-0.4, -0.2) is 9.91 Å². The summed E-state index contributed by atoms with van der Waals surface area (Å²) in [4.78, 5) is 13.0. The van der Waals surface area contributed by atoms with E-state index in [2.05, 4.69) is 20.9 Å². The summed E-state index contributed by atoms with van der Waals surface area (Å²) >= 11 is 8.59. The van der Waals surface area contributed by atoms with Crippen LogP contribution in [0.1, 0.15) is 0 Å². The number of nitrogens with zero attached hydrogens (tertiary/aromatic N) is 2. The second-order valence-corrected chi connectivity index (χ2v) is 2.98. The minimum atomic E-state index is -0.582. The van der Waals surface area contributed by atoms with Gasteiger partial charge in [0.25, 0.3) is 0 Å². The maximum atomic E-state index is 10.1. The van der Waals surface area contributed by atoms with Crippen molar-refractivity contribution in [3.63, 3.8) is 0 Å². The van der Waals surface area contributed by atoms with Crippen LogP contribution in [-0.2, 0) is 0 Å². The van der Waals surface area contributed by atoms with Crippen LogP contribution >= 0.6 is 27.5 Å². The molecule has 0 atom stereocenters. The molecule has 6 heteroatoms. The molecule has 0 aliphatic carbocycles. The maximum Gasteiger partial charge on any atom is 0.364 e. The predicted molar refractivity (Wildman–Crippen MR) is 43.6 cm³/mol. The molecule has 1 heterocycles. The minimum Gasteiger partial charge on any atom is -0.358 e. The third kappa shape index (κ3) is 1.87. The topological polar surface area (TPSA) is 56.0 Å². The third-order valence-electron chi connectivity index (χ3n) is 0.981. The molecule has 0 bridgehead atoms. The van der Waals surface area contributed by atoms with Gasteiger partial charge in [-0.3, -0.25) is 0 Å². The van der Waals surface area contributed by atoms with Crippen LogP contribution in [0, 0.1) is 10.1 Å². The van der Waals surface area contributed by atoms with Crippen LogP contribution in [0.2, 0.25) is 5.02 Å². The van der Waals surface area contributed by atoms with Crippen molar-refractivity contribution < 1.29 is 4.92 Å². The lowest BCUT2D eigenvalue weighted by Crippen LogP contribution is -1.90. The summed E-state index contributed by atoms with van der Waals surface area (Å²) in [5.41, 5.74) is 0. The molecule has 0 aliphatic heterocycles. The Hall–Kier alpha value is -0.680. The lowest BCUT2D eigenvalue weighted by molar-refractivity contribution is -0.389. The second kappa shape index (κ2) is 3.15. The highest BCUT2D eigenvalue weighted by Crippen LogP contribution is 2.23. The predicted octanol–water partition coefficient (Wildman–Crippen LogP) is 2.41. The molecule has 1 aromatic rings. The van der Waals surface area contributed by atoms with Crippen LogP contribution in [0.25, 0.3) is 0 Å². The summed E-state index contributed by atoms with van der Waals surface area (Å²) in [6, 6.07) is 1.25. The number of nitro groups is 1. The number of rotatable bonds is 1. The van der Waals surface area contributed by atoms with E-state index < -0.39 is 4.92 Å². The van der Waals surface area contributed by atoms with Gasteiger partial charge in [0.15, 0.2) is 6.20 Å². The fraction of sp³-hybridized carbons (Fsp3) is 0. The van der Waals surface area contributed by atoms with Crippen molar-refractivity contribution in [3.8, 4) is 0 Å². The summed E-state index contributed by atoms with van der Waals surface area (Å²) in [5, 5.41) is 10.5. The van der Waals surface area contributed by atoms with Crippen molar-refractivity contribution in [1.82, 2.24) is 4.98 Å². The number of halogens is 2. The number of aromatic nitrogens is 1. The van der Waals surface area contributed by atoms with E-state index in [9.17, 15) is 10.1 Å². The van der Waals surface area contributed by atoms with Crippen LogP contribution in [0.4, 0.5) is 5.82 Å². The van der Waals surface area contributed by atoms with Gasteiger partial charge in [-0.2, -0.15) is 0 Å². The molecule has 0 aliphatic rings. The lowest BCUT2D eigenvalue weighted by atomic mass is 10.5. The average Bonchev–Trinajstić information content (AvgIpc) is 1.94. The van der Waals surface area contributed by atoms with Gasteiger partial charge in [0, 0.05) is 4.47 Å². The van der Waals surface area contributed by atoms with E-state index in [1.165, 1.54) is 12.3 Å². The fourth-order valence-corrected chi connectivity index (χ4v) is 0.914. The van der Waals surface area contributed by atoms with Gasteiger partial charge in [-0.05, 0) is 25.8 Å². The van der Waals surface area contributed by atoms with E-state index in [0.717, 1.165) is 0 Å². The summed E-state index contributed by atoms with van der Waals surface area (Å²) < 4.78 is 0.473. The molecule has 0 saturated carbocycles. The zero-order valence-corrected chi connectivity index (χ0v) is 7.46.